The first-order chi connectivity index (χ1) is 18.9. The molecule has 1 aliphatic rings. The van der Waals surface area contributed by atoms with Crippen molar-refractivity contribution >= 4 is 40.0 Å². The number of carbonyl (C=O) groups excluding carboxylic acids is 1. The quantitative estimate of drug-likeness (QED) is 0.294. The molecule has 200 valence electrons. The molecule has 1 saturated heterocycles. The monoisotopic (exact) mass is 530 g/mol. The van der Waals surface area contributed by atoms with Crippen LogP contribution in [0.1, 0.15) is 0 Å². The molecule has 1 aliphatic heterocycles. The first kappa shape index (κ1) is 25.9. The minimum atomic E-state index is -0.488. The number of piperazine rings is 1. The summed E-state index contributed by atoms with van der Waals surface area (Å²) in [4.78, 5) is 40.9. The van der Waals surface area contributed by atoms with Gasteiger partial charge in [0.1, 0.15) is 17.5 Å². The van der Waals surface area contributed by atoms with Gasteiger partial charge in [-0.05, 0) is 42.5 Å². The fourth-order valence-corrected chi connectivity index (χ4v) is 4.44. The number of anilines is 4. The van der Waals surface area contributed by atoms with Gasteiger partial charge in [-0.2, -0.15) is 9.97 Å². The van der Waals surface area contributed by atoms with Crippen molar-refractivity contribution in [3.8, 4) is 5.69 Å². The van der Waals surface area contributed by atoms with Crippen molar-refractivity contribution in [2.45, 2.75) is 0 Å². The number of hydrogen-bond donors (Lipinski definition) is 3. The summed E-state index contributed by atoms with van der Waals surface area (Å²) in [7, 11) is 0. The number of hydrogen-bond acceptors (Lipinski definition) is 9. The zero-order valence-electron chi connectivity index (χ0n) is 21.0. The van der Waals surface area contributed by atoms with Crippen LogP contribution in [0.5, 0.6) is 0 Å². The number of rotatable bonds is 8. The highest BCUT2D eigenvalue weighted by Gasteiger charge is 2.19. The largest absolute Gasteiger partial charge is 0.395 e. The standard InChI is InChI=1S/C27H27FN8O3/c1-2-24(38)31-18-4-3-5-20(14-18)36-17-30-26(39)21-16-29-27(33-25(21)36)32-19-6-7-23(22(28)15-19)35-10-8-34(9-11-35)12-13-37/h2-7,14-17,37H,1,8-13H2,(H,31,38)(H,29,32,33). The van der Waals surface area contributed by atoms with Crippen LogP contribution in [0.2, 0.25) is 0 Å². The second-order valence-electron chi connectivity index (χ2n) is 8.94. The molecule has 3 N–H and O–H groups in total. The van der Waals surface area contributed by atoms with Crippen LogP contribution in [0.15, 0.2) is 72.4 Å². The number of halogens is 1. The normalized spacial score (nSPS) is 13.8. The maximum absolute atomic E-state index is 15.1. The van der Waals surface area contributed by atoms with Crippen molar-refractivity contribution in [2.24, 2.45) is 0 Å². The number of aliphatic hydroxyl groups excluding tert-OH is 1. The third-order valence-corrected chi connectivity index (χ3v) is 6.43. The van der Waals surface area contributed by atoms with Gasteiger partial charge >= 0.3 is 0 Å². The summed E-state index contributed by atoms with van der Waals surface area (Å²) >= 11 is 0. The van der Waals surface area contributed by atoms with E-state index in [1.165, 1.54) is 24.7 Å². The molecule has 0 bridgehead atoms. The molecule has 1 amide bonds. The van der Waals surface area contributed by atoms with Gasteiger partial charge in [-0.3, -0.25) is 19.1 Å². The van der Waals surface area contributed by atoms with Crippen molar-refractivity contribution in [1.82, 2.24) is 24.4 Å². The predicted molar refractivity (Wildman–Crippen MR) is 147 cm³/mol. The predicted octanol–water partition coefficient (Wildman–Crippen LogP) is 2.30. The van der Waals surface area contributed by atoms with E-state index in [4.69, 9.17) is 5.11 Å². The molecule has 0 radical (unpaired) electrons. The molecule has 12 heteroatoms. The minimum Gasteiger partial charge on any atom is -0.395 e. The number of benzene rings is 2. The van der Waals surface area contributed by atoms with E-state index >= 15 is 4.39 Å². The Hall–Kier alpha value is -4.68. The molecule has 11 nitrogen and oxygen atoms in total. The maximum atomic E-state index is 15.1. The first-order valence-electron chi connectivity index (χ1n) is 12.4. The average molecular weight is 531 g/mol. The molecule has 1 fully saturated rings. The number of fused-ring (bicyclic) bond motifs is 1. The molecular weight excluding hydrogens is 503 g/mol. The van der Waals surface area contributed by atoms with Crippen molar-refractivity contribution in [1.29, 1.82) is 0 Å². The molecule has 0 spiro atoms. The summed E-state index contributed by atoms with van der Waals surface area (Å²) in [6, 6.07) is 11.8. The minimum absolute atomic E-state index is 0.110. The third kappa shape index (κ3) is 5.76. The number of nitrogens with zero attached hydrogens (tertiary/aromatic N) is 6. The lowest BCUT2D eigenvalue weighted by atomic mass is 10.2. The zero-order valence-corrected chi connectivity index (χ0v) is 21.0. The molecule has 5 rings (SSSR count). The van der Waals surface area contributed by atoms with Crippen LogP contribution in [0.4, 0.5) is 27.4 Å². The van der Waals surface area contributed by atoms with Crippen LogP contribution < -0.4 is 21.1 Å². The van der Waals surface area contributed by atoms with Crippen LogP contribution in [0.25, 0.3) is 16.7 Å². The Bertz CT molecular complexity index is 1580. The maximum Gasteiger partial charge on any atom is 0.283 e. The van der Waals surface area contributed by atoms with Crippen molar-refractivity contribution in [2.75, 3.05) is 54.9 Å². The topological polar surface area (TPSA) is 129 Å². The van der Waals surface area contributed by atoms with E-state index in [-0.39, 0.29) is 35.3 Å². The molecule has 4 aromatic rings. The SMILES string of the molecule is C=CC(=O)Nc1cccc(-n2cnc(=O)c3cnc(Nc4ccc(N5CCN(CCO)CC5)c(F)c4)nc32)c1. The van der Waals surface area contributed by atoms with Gasteiger partial charge in [0.25, 0.3) is 5.56 Å². The van der Waals surface area contributed by atoms with Crippen LogP contribution in [-0.2, 0) is 4.79 Å². The fourth-order valence-electron chi connectivity index (χ4n) is 4.44. The summed E-state index contributed by atoms with van der Waals surface area (Å²) < 4.78 is 16.7. The van der Waals surface area contributed by atoms with E-state index in [1.807, 2.05) is 4.90 Å². The van der Waals surface area contributed by atoms with E-state index in [1.54, 1.807) is 41.0 Å². The molecular formula is C27H27FN8O3. The van der Waals surface area contributed by atoms with E-state index < -0.39 is 5.56 Å². The van der Waals surface area contributed by atoms with Crippen molar-refractivity contribution in [3.05, 3.63) is 83.8 Å². The number of β-amino-alcohol motifs (C(OH)–C–C–N with tert-alkyl or cyclic N) is 1. The lowest BCUT2D eigenvalue weighted by molar-refractivity contribution is -0.111. The number of aromatic nitrogens is 4. The van der Waals surface area contributed by atoms with E-state index in [9.17, 15) is 9.59 Å². The molecule has 0 unspecified atom stereocenters. The Morgan fingerprint density at radius 3 is 2.67 bits per heavy atom. The Morgan fingerprint density at radius 1 is 1.10 bits per heavy atom. The molecule has 2 aromatic carbocycles. The number of aliphatic hydroxyl groups is 1. The number of amides is 1. The first-order valence-corrected chi connectivity index (χ1v) is 12.4. The summed E-state index contributed by atoms with van der Waals surface area (Å²) in [5.74, 6) is -0.565. The average Bonchev–Trinajstić information content (AvgIpc) is 2.94. The highest BCUT2D eigenvalue weighted by atomic mass is 19.1. The lowest BCUT2D eigenvalue weighted by Crippen LogP contribution is -2.47. The van der Waals surface area contributed by atoms with Gasteiger partial charge in [0.2, 0.25) is 11.9 Å². The van der Waals surface area contributed by atoms with Crippen molar-refractivity contribution < 1.29 is 14.3 Å². The lowest BCUT2D eigenvalue weighted by Gasteiger charge is -2.36. The second kappa shape index (κ2) is 11.4. The molecule has 0 saturated carbocycles. The highest BCUT2D eigenvalue weighted by molar-refractivity contribution is 5.99. The van der Waals surface area contributed by atoms with Crippen LogP contribution in [-0.4, -0.2) is 74.8 Å². The van der Waals surface area contributed by atoms with Gasteiger partial charge in [0, 0.05) is 50.3 Å². The number of carbonyl (C=O) groups is 1. The molecule has 3 heterocycles. The number of nitrogens with one attached hydrogen (secondary N) is 2. The smallest absolute Gasteiger partial charge is 0.283 e. The van der Waals surface area contributed by atoms with Gasteiger partial charge in [-0.1, -0.05) is 12.6 Å². The van der Waals surface area contributed by atoms with Crippen LogP contribution >= 0.6 is 0 Å². The summed E-state index contributed by atoms with van der Waals surface area (Å²) in [6.45, 7) is 7.03. The Balaban J connectivity index is 1.40. The molecule has 0 atom stereocenters. The van der Waals surface area contributed by atoms with Gasteiger partial charge in [0.15, 0.2) is 5.65 Å². The fraction of sp³-hybridized carbons (Fsp3) is 0.222. The highest BCUT2D eigenvalue weighted by Crippen LogP contribution is 2.26. The van der Waals surface area contributed by atoms with E-state index in [0.717, 1.165) is 13.1 Å². The van der Waals surface area contributed by atoms with Gasteiger partial charge < -0.3 is 20.6 Å². The van der Waals surface area contributed by atoms with Gasteiger partial charge in [-0.25, -0.2) is 9.37 Å². The molecule has 39 heavy (non-hydrogen) atoms. The Morgan fingerprint density at radius 2 is 1.92 bits per heavy atom. The van der Waals surface area contributed by atoms with Gasteiger partial charge in [-0.15, -0.1) is 0 Å². The van der Waals surface area contributed by atoms with Crippen LogP contribution in [0.3, 0.4) is 0 Å². The Kier molecular flexibility index (Phi) is 7.57. The molecule has 0 aliphatic carbocycles. The Labute approximate surface area is 223 Å². The van der Waals surface area contributed by atoms with E-state index in [0.29, 0.717) is 42.4 Å². The van der Waals surface area contributed by atoms with Crippen LogP contribution in [0, 0.1) is 5.82 Å². The van der Waals surface area contributed by atoms with E-state index in [2.05, 4.69) is 37.1 Å². The van der Waals surface area contributed by atoms with Gasteiger partial charge in [0.05, 0.1) is 18.0 Å². The molecule has 2 aromatic heterocycles. The third-order valence-electron chi connectivity index (χ3n) is 6.43. The second-order valence-corrected chi connectivity index (χ2v) is 8.94. The van der Waals surface area contributed by atoms with Crippen molar-refractivity contribution in [3.63, 3.8) is 0 Å². The summed E-state index contributed by atoms with van der Waals surface area (Å²) in [6.07, 6.45) is 3.89. The summed E-state index contributed by atoms with van der Waals surface area (Å²) in [5.41, 5.74) is 1.89. The summed E-state index contributed by atoms with van der Waals surface area (Å²) in [5, 5.41) is 15.0. The zero-order chi connectivity index (χ0) is 27.4.